The van der Waals surface area contributed by atoms with Crippen LogP contribution in [0.25, 0.3) is 0 Å². The van der Waals surface area contributed by atoms with Crippen LogP contribution in [0, 0.1) is 16.0 Å². The summed E-state index contributed by atoms with van der Waals surface area (Å²) in [6, 6.07) is 15.3. The van der Waals surface area contributed by atoms with E-state index < -0.39 is 93.1 Å². The lowest BCUT2D eigenvalue weighted by atomic mass is 9.92. The number of carbonyl (C=O) groups excluding carboxylic acids is 2. The van der Waals surface area contributed by atoms with Crippen LogP contribution in [0.2, 0.25) is 18.1 Å². The van der Waals surface area contributed by atoms with Crippen LogP contribution in [0.1, 0.15) is 72.1 Å². The summed E-state index contributed by atoms with van der Waals surface area (Å²) >= 11 is 0. The minimum atomic E-state index is -4.80. The third-order valence-corrected chi connectivity index (χ3v) is 16.5. The van der Waals surface area contributed by atoms with Crippen molar-refractivity contribution in [3.63, 3.8) is 0 Å². The van der Waals surface area contributed by atoms with E-state index >= 15 is 0 Å². The highest BCUT2D eigenvalue weighted by molar-refractivity contribution is 7.89. The van der Waals surface area contributed by atoms with Gasteiger partial charge in [0.05, 0.1) is 23.7 Å². The quantitative estimate of drug-likeness (QED) is 0.0994. The van der Waals surface area contributed by atoms with Gasteiger partial charge in [-0.05, 0) is 66.7 Å². The van der Waals surface area contributed by atoms with Crippen molar-refractivity contribution in [2.45, 2.75) is 114 Å². The van der Waals surface area contributed by atoms with Gasteiger partial charge in [-0.2, -0.15) is 4.72 Å². The SMILES string of the molecule is CC[C@@]1(C)Oc2cc(ccc2OCc2ccccc2)[C@@H](O[Si](C)(C)C(C)(C)C)[C@H](NS(=O)(=O)c2ccccc2[N+](=O)[O-])C(=O)N[C@@H](C(C)C)C(=O)N[C@@H]1CO. The molecule has 0 fully saturated rings. The Morgan fingerprint density at radius 1 is 1.02 bits per heavy atom. The van der Waals surface area contributed by atoms with E-state index in [0.29, 0.717) is 17.7 Å². The van der Waals surface area contributed by atoms with Crippen molar-refractivity contribution in [1.82, 2.24) is 15.4 Å². The van der Waals surface area contributed by atoms with Crippen molar-refractivity contribution in [1.29, 1.82) is 0 Å². The summed E-state index contributed by atoms with van der Waals surface area (Å²) in [6.07, 6.45) is -1.02. The monoisotopic (exact) mass is 798 g/mol. The van der Waals surface area contributed by atoms with Gasteiger partial charge in [0, 0.05) is 6.07 Å². The Balaban J connectivity index is 2.03. The molecular formula is C39H54N4O10SSi. The van der Waals surface area contributed by atoms with Gasteiger partial charge < -0.3 is 29.6 Å². The normalized spacial score (nSPS) is 22.7. The van der Waals surface area contributed by atoms with Gasteiger partial charge in [-0.25, -0.2) is 8.42 Å². The Hall–Kier alpha value is -4.35. The second kappa shape index (κ2) is 17.2. The molecule has 55 heavy (non-hydrogen) atoms. The van der Waals surface area contributed by atoms with Gasteiger partial charge in [0.1, 0.15) is 24.3 Å². The lowest BCUT2D eigenvalue weighted by Crippen LogP contribution is -2.62. The minimum Gasteiger partial charge on any atom is -0.485 e. The van der Waals surface area contributed by atoms with E-state index in [4.69, 9.17) is 13.9 Å². The number of hydrogen-bond acceptors (Lipinski definition) is 10. The fraction of sp³-hybridized carbons (Fsp3) is 0.487. The number of fused-ring (bicyclic) bond motifs is 2. The average molecular weight is 799 g/mol. The van der Waals surface area contributed by atoms with Crippen molar-refractivity contribution in [2.24, 2.45) is 5.92 Å². The average Bonchev–Trinajstić information content (AvgIpc) is 3.13. The number of hydrogen-bond donors (Lipinski definition) is 4. The summed E-state index contributed by atoms with van der Waals surface area (Å²) in [7, 11) is -7.68. The van der Waals surface area contributed by atoms with Gasteiger partial charge in [0.15, 0.2) is 24.7 Å². The molecule has 1 heterocycles. The first-order valence-electron chi connectivity index (χ1n) is 18.3. The molecule has 4 rings (SSSR count). The van der Waals surface area contributed by atoms with E-state index in [-0.39, 0.29) is 12.4 Å². The van der Waals surface area contributed by atoms with E-state index in [9.17, 15) is 33.2 Å². The van der Waals surface area contributed by atoms with E-state index in [1.165, 1.54) is 12.1 Å². The molecule has 16 heteroatoms. The molecule has 1 aliphatic rings. The van der Waals surface area contributed by atoms with Gasteiger partial charge >= 0.3 is 0 Å². The molecule has 2 amide bonds. The molecule has 0 aliphatic carbocycles. The van der Waals surface area contributed by atoms with Gasteiger partial charge in [-0.15, -0.1) is 0 Å². The van der Waals surface area contributed by atoms with Crippen LogP contribution in [0.15, 0.2) is 77.7 Å². The topological polar surface area (TPSA) is 195 Å². The molecule has 5 atom stereocenters. The Morgan fingerprint density at radius 2 is 1.65 bits per heavy atom. The molecule has 0 aromatic heterocycles. The number of ether oxygens (including phenoxy) is 2. The van der Waals surface area contributed by atoms with Gasteiger partial charge in [0.2, 0.25) is 21.8 Å². The molecule has 1 aliphatic heterocycles. The van der Waals surface area contributed by atoms with Gasteiger partial charge in [-0.1, -0.05) is 90.1 Å². The molecule has 0 radical (unpaired) electrons. The lowest BCUT2D eigenvalue weighted by molar-refractivity contribution is -0.387. The highest BCUT2D eigenvalue weighted by Crippen LogP contribution is 2.43. The number of benzene rings is 3. The van der Waals surface area contributed by atoms with E-state index in [1.54, 1.807) is 39.0 Å². The van der Waals surface area contributed by atoms with Crippen LogP contribution in [-0.2, 0) is 30.6 Å². The van der Waals surface area contributed by atoms with Crippen LogP contribution >= 0.6 is 0 Å². The maximum Gasteiger partial charge on any atom is 0.289 e. The number of rotatable bonds is 12. The second-order valence-electron chi connectivity index (χ2n) is 15.8. The second-order valence-corrected chi connectivity index (χ2v) is 22.3. The molecule has 0 saturated heterocycles. The number of nitro benzene ring substituents is 1. The first kappa shape index (κ1) is 43.4. The Labute approximate surface area is 324 Å². The lowest BCUT2D eigenvalue weighted by Gasteiger charge is -2.41. The third kappa shape index (κ3) is 10.1. The molecule has 0 unspecified atom stereocenters. The number of nitrogens with one attached hydrogen (secondary N) is 3. The molecule has 14 nitrogen and oxygen atoms in total. The zero-order valence-corrected chi connectivity index (χ0v) is 34.7. The van der Waals surface area contributed by atoms with Crippen molar-refractivity contribution >= 4 is 35.8 Å². The van der Waals surface area contributed by atoms with E-state index in [2.05, 4.69) is 15.4 Å². The van der Waals surface area contributed by atoms with Gasteiger partial charge in [-0.3, -0.25) is 19.7 Å². The number of aliphatic hydroxyl groups is 1. The number of para-hydroxylation sites is 1. The summed E-state index contributed by atoms with van der Waals surface area (Å²) in [5, 5.41) is 27.8. The summed E-state index contributed by atoms with van der Waals surface area (Å²) in [5.74, 6) is -1.56. The summed E-state index contributed by atoms with van der Waals surface area (Å²) in [4.78, 5) is 39.2. The molecule has 0 spiro atoms. The molecule has 3 aromatic rings. The molecule has 3 aromatic carbocycles. The maximum absolute atomic E-state index is 14.7. The number of sulfonamides is 1. The van der Waals surface area contributed by atoms with Crippen LogP contribution in [0.3, 0.4) is 0 Å². The van der Waals surface area contributed by atoms with Crippen molar-refractivity contribution in [3.05, 3.63) is 94.0 Å². The number of carbonyl (C=O) groups is 2. The van der Waals surface area contributed by atoms with Crippen LogP contribution in [-0.4, -0.2) is 68.9 Å². The summed E-state index contributed by atoms with van der Waals surface area (Å²) in [5.41, 5.74) is -0.694. The maximum atomic E-state index is 14.7. The van der Waals surface area contributed by atoms with Crippen LogP contribution in [0.5, 0.6) is 11.5 Å². The molecule has 2 bridgehead atoms. The van der Waals surface area contributed by atoms with E-state index in [0.717, 1.165) is 17.7 Å². The molecule has 4 N–H and O–H groups in total. The largest absolute Gasteiger partial charge is 0.485 e. The number of aliphatic hydroxyl groups excluding tert-OH is 1. The Morgan fingerprint density at radius 3 is 2.24 bits per heavy atom. The first-order valence-corrected chi connectivity index (χ1v) is 22.7. The first-order chi connectivity index (χ1) is 25.6. The summed E-state index contributed by atoms with van der Waals surface area (Å²) in [6.45, 7) is 16.5. The number of nitrogens with zero attached hydrogens (tertiary/aromatic N) is 1. The zero-order valence-electron chi connectivity index (χ0n) is 32.9. The van der Waals surface area contributed by atoms with Crippen LogP contribution in [0.4, 0.5) is 5.69 Å². The van der Waals surface area contributed by atoms with Gasteiger partial charge in [0.25, 0.3) is 5.69 Å². The van der Waals surface area contributed by atoms with Crippen molar-refractivity contribution < 1.29 is 41.9 Å². The van der Waals surface area contributed by atoms with Crippen molar-refractivity contribution in [2.75, 3.05) is 6.61 Å². The fourth-order valence-electron chi connectivity index (χ4n) is 5.85. The molecule has 300 valence electrons. The Kier molecular flexibility index (Phi) is 13.6. The molecular weight excluding hydrogens is 745 g/mol. The molecule has 0 saturated carbocycles. The van der Waals surface area contributed by atoms with Crippen molar-refractivity contribution in [3.8, 4) is 11.5 Å². The third-order valence-electron chi connectivity index (χ3n) is 10.5. The fourth-order valence-corrected chi connectivity index (χ4v) is 8.48. The highest BCUT2D eigenvalue weighted by Gasteiger charge is 2.46. The smallest absolute Gasteiger partial charge is 0.289 e. The van der Waals surface area contributed by atoms with E-state index in [1.807, 2.05) is 71.1 Å². The predicted molar refractivity (Wildman–Crippen MR) is 211 cm³/mol. The summed E-state index contributed by atoms with van der Waals surface area (Å²) < 4.78 is 50.8. The number of amides is 2. The predicted octanol–water partition coefficient (Wildman–Crippen LogP) is 5.76. The van der Waals surface area contributed by atoms with Crippen LogP contribution < -0.4 is 24.8 Å². The Bertz CT molecular complexity index is 1950. The highest BCUT2D eigenvalue weighted by atomic mass is 32.2. The number of nitro groups is 1. The standard InChI is InChI=1S/C39H54N4O10SSi/c1-10-39(7)32(23-44)40-36(45)33(25(2)3)41-37(46)34(42-54(49,50)31-19-15-14-18-28(31)43(47)48)35(53-55(8,9)38(4,5)6)27-20-21-29(30(22-27)52-39)51-24-26-16-12-11-13-17-26/h11-22,25,32-35,42,44H,10,23-24H2,1-9H3,(H,40,45)(H,41,46)/t32-,33+,34+,35-,39-/m1/s1. The zero-order chi connectivity index (χ0) is 40.9. The minimum absolute atomic E-state index is 0.167.